The molecule has 0 saturated carbocycles. The number of likely N-dealkylation sites (N-methyl/N-ethyl adjacent to an activating group) is 1. The van der Waals surface area contributed by atoms with Crippen LogP contribution in [0.3, 0.4) is 0 Å². The molecule has 0 atom stereocenters. The lowest BCUT2D eigenvalue weighted by Gasteiger charge is -2.21. The van der Waals surface area contributed by atoms with E-state index in [1.54, 1.807) is 6.08 Å². The topological polar surface area (TPSA) is 40.5 Å². The molecule has 0 aliphatic carbocycles. The minimum atomic E-state index is 0.153. The molecule has 0 fully saturated rings. The number of allylic oxidation sites excluding steroid dienone is 1. The number of hydrogen-bond donors (Lipinski definition) is 1. The van der Waals surface area contributed by atoms with E-state index < -0.39 is 0 Å². The van der Waals surface area contributed by atoms with E-state index in [0.29, 0.717) is 6.54 Å². The maximum Gasteiger partial charge on any atom is 0.142 e. The normalized spacial score (nSPS) is 10.6. The minimum absolute atomic E-state index is 0.153. The fourth-order valence-corrected chi connectivity index (χ4v) is 1.54. The Hall–Kier alpha value is -1.61. The van der Waals surface area contributed by atoms with E-state index in [1.165, 1.54) is 6.08 Å². The Bertz CT molecular complexity index is 343. The first kappa shape index (κ1) is 12.5. The van der Waals surface area contributed by atoms with Crippen molar-refractivity contribution in [3.05, 3.63) is 35.9 Å². The average molecular weight is 219 g/mol. The van der Waals surface area contributed by atoms with E-state index >= 15 is 0 Å². The van der Waals surface area contributed by atoms with Gasteiger partial charge < -0.3 is 10.0 Å². The van der Waals surface area contributed by atoms with Crippen molar-refractivity contribution >= 4 is 18.0 Å². The van der Waals surface area contributed by atoms with Gasteiger partial charge >= 0.3 is 0 Å². The van der Waals surface area contributed by atoms with E-state index in [4.69, 9.17) is 5.11 Å². The van der Waals surface area contributed by atoms with Gasteiger partial charge in [-0.05, 0) is 30.7 Å². The van der Waals surface area contributed by atoms with Crippen LogP contribution in [-0.4, -0.2) is 31.1 Å². The molecule has 3 heteroatoms. The van der Waals surface area contributed by atoms with Crippen molar-refractivity contribution in [1.29, 1.82) is 0 Å². The number of benzene rings is 1. The number of rotatable bonds is 6. The van der Waals surface area contributed by atoms with Gasteiger partial charge in [0.05, 0.1) is 6.61 Å². The first-order valence-electron chi connectivity index (χ1n) is 5.39. The Morgan fingerprint density at radius 2 is 2.00 bits per heavy atom. The van der Waals surface area contributed by atoms with Crippen molar-refractivity contribution in [2.75, 3.05) is 24.6 Å². The second-order valence-corrected chi connectivity index (χ2v) is 3.39. The lowest BCUT2D eigenvalue weighted by molar-refractivity contribution is -0.104. The van der Waals surface area contributed by atoms with Crippen molar-refractivity contribution in [1.82, 2.24) is 0 Å². The Labute approximate surface area is 96.0 Å². The summed E-state index contributed by atoms with van der Waals surface area (Å²) in [5.41, 5.74) is 2.08. The molecule has 0 aromatic heterocycles. The van der Waals surface area contributed by atoms with Crippen LogP contribution in [0.4, 0.5) is 5.69 Å². The van der Waals surface area contributed by atoms with Crippen LogP contribution in [0.15, 0.2) is 30.3 Å². The zero-order chi connectivity index (χ0) is 11.8. The summed E-state index contributed by atoms with van der Waals surface area (Å²) in [7, 11) is 0. The van der Waals surface area contributed by atoms with Crippen LogP contribution in [0, 0.1) is 0 Å². The zero-order valence-corrected chi connectivity index (χ0v) is 9.47. The van der Waals surface area contributed by atoms with Gasteiger partial charge in [0.15, 0.2) is 0 Å². The summed E-state index contributed by atoms with van der Waals surface area (Å²) in [5.74, 6) is 0. The summed E-state index contributed by atoms with van der Waals surface area (Å²) < 4.78 is 0. The van der Waals surface area contributed by atoms with E-state index in [-0.39, 0.29) is 6.61 Å². The SMILES string of the molecule is CCN(CCO)c1ccc(/C=C/C=O)cc1. The van der Waals surface area contributed by atoms with Crippen molar-refractivity contribution in [3.63, 3.8) is 0 Å². The third-order valence-corrected chi connectivity index (χ3v) is 2.38. The van der Waals surface area contributed by atoms with Crippen molar-refractivity contribution < 1.29 is 9.90 Å². The number of nitrogens with zero attached hydrogens (tertiary/aromatic N) is 1. The Morgan fingerprint density at radius 3 is 2.50 bits per heavy atom. The first-order valence-corrected chi connectivity index (χ1v) is 5.39. The highest BCUT2D eigenvalue weighted by molar-refractivity contribution is 5.74. The number of carbonyl (C=O) groups excluding carboxylic acids is 1. The van der Waals surface area contributed by atoms with Crippen LogP contribution in [0.1, 0.15) is 12.5 Å². The molecule has 0 bridgehead atoms. The third kappa shape index (κ3) is 3.51. The predicted octanol–water partition coefficient (Wildman–Crippen LogP) is 1.72. The molecule has 0 amide bonds. The number of carbonyl (C=O) groups is 1. The number of aldehydes is 1. The van der Waals surface area contributed by atoms with Crippen LogP contribution >= 0.6 is 0 Å². The second-order valence-electron chi connectivity index (χ2n) is 3.39. The van der Waals surface area contributed by atoms with E-state index in [0.717, 1.165) is 24.1 Å². The maximum absolute atomic E-state index is 10.2. The third-order valence-electron chi connectivity index (χ3n) is 2.38. The van der Waals surface area contributed by atoms with E-state index in [9.17, 15) is 4.79 Å². The molecule has 0 aliphatic rings. The molecule has 1 N–H and O–H groups in total. The lowest BCUT2D eigenvalue weighted by atomic mass is 10.2. The number of anilines is 1. The number of aliphatic hydroxyl groups excluding tert-OH is 1. The summed E-state index contributed by atoms with van der Waals surface area (Å²) in [6.45, 7) is 3.71. The van der Waals surface area contributed by atoms with Crippen LogP contribution in [0.25, 0.3) is 6.08 Å². The van der Waals surface area contributed by atoms with Crippen molar-refractivity contribution in [3.8, 4) is 0 Å². The Kier molecular flexibility index (Phi) is 5.29. The molecule has 0 heterocycles. The van der Waals surface area contributed by atoms with Crippen LogP contribution < -0.4 is 4.90 Å². The summed E-state index contributed by atoms with van der Waals surface area (Å²) in [5, 5.41) is 8.91. The quantitative estimate of drug-likeness (QED) is 0.585. The van der Waals surface area contributed by atoms with Gasteiger partial charge in [0.2, 0.25) is 0 Å². The second kappa shape index (κ2) is 6.80. The summed E-state index contributed by atoms with van der Waals surface area (Å²) in [6, 6.07) is 7.89. The predicted molar refractivity (Wildman–Crippen MR) is 66.5 cm³/mol. The fraction of sp³-hybridized carbons (Fsp3) is 0.308. The number of hydrogen-bond acceptors (Lipinski definition) is 3. The van der Waals surface area contributed by atoms with Gasteiger partial charge in [-0.2, -0.15) is 0 Å². The molecular weight excluding hydrogens is 202 g/mol. The summed E-state index contributed by atoms with van der Waals surface area (Å²) in [6.07, 6.45) is 4.00. The van der Waals surface area contributed by atoms with Crippen molar-refractivity contribution in [2.24, 2.45) is 0 Å². The molecule has 86 valence electrons. The molecule has 1 aromatic carbocycles. The highest BCUT2D eigenvalue weighted by Crippen LogP contribution is 2.15. The molecule has 0 saturated heterocycles. The average Bonchev–Trinajstić information content (AvgIpc) is 2.34. The first-order chi connectivity index (χ1) is 7.81. The Balaban J connectivity index is 2.76. The zero-order valence-electron chi connectivity index (χ0n) is 9.47. The van der Waals surface area contributed by atoms with E-state index in [2.05, 4.69) is 11.8 Å². The molecule has 16 heavy (non-hydrogen) atoms. The monoisotopic (exact) mass is 219 g/mol. The molecule has 1 aromatic rings. The number of aliphatic hydroxyl groups is 1. The minimum Gasteiger partial charge on any atom is -0.395 e. The van der Waals surface area contributed by atoms with Crippen molar-refractivity contribution in [2.45, 2.75) is 6.92 Å². The summed E-state index contributed by atoms with van der Waals surface area (Å²) >= 11 is 0. The molecule has 0 spiro atoms. The van der Waals surface area contributed by atoms with E-state index in [1.807, 2.05) is 24.3 Å². The van der Waals surface area contributed by atoms with Gasteiger partial charge in [0.1, 0.15) is 6.29 Å². The highest BCUT2D eigenvalue weighted by atomic mass is 16.3. The standard InChI is InChI=1S/C13H17NO2/c1-2-14(9-11-16)13-7-5-12(6-8-13)4-3-10-15/h3-8,10,16H,2,9,11H2,1H3/b4-3+. The molecule has 0 aliphatic heterocycles. The molecule has 1 rings (SSSR count). The smallest absolute Gasteiger partial charge is 0.142 e. The lowest BCUT2D eigenvalue weighted by Crippen LogP contribution is -2.25. The largest absolute Gasteiger partial charge is 0.395 e. The van der Waals surface area contributed by atoms with Gasteiger partial charge in [0.25, 0.3) is 0 Å². The van der Waals surface area contributed by atoms with Gasteiger partial charge in [-0.25, -0.2) is 0 Å². The van der Waals surface area contributed by atoms with Crippen LogP contribution in [0.2, 0.25) is 0 Å². The molecular formula is C13H17NO2. The molecule has 0 radical (unpaired) electrons. The van der Waals surface area contributed by atoms with Gasteiger partial charge in [-0.1, -0.05) is 18.2 Å². The van der Waals surface area contributed by atoms with Crippen LogP contribution in [0.5, 0.6) is 0 Å². The summed E-state index contributed by atoms with van der Waals surface area (Å²) in [4.78, 5) is 12.3. The van der Waals surface area contributed by atoms with Crippen LogP contribution in [-0.2, 0) is 4.79 Å². The van der Waals surface area contributed by atoms with Gasteiger partial charge in [-0.3, -0.25) is 4.79 Å². The highest BCUT2D eigenvalue weighted by Gasteiger charge is 2.01. The molecule has 0 unspecified atom stereocenters. The fourth-order valence-electron chi connectivity index (χ4n) is 1.54. The van der Waals surface area contributed by atoms with Gasteiger partial charge in [-0.15, -0.1) is 0 Å². The Morgan fingerprint density at radius 1 is 1.31 bits per heavy atom. The maximum atomic E-state index is 10.2. The molecule has 3 nitrogen and oxygen atoms in total. The van der Waals surface area contributed by atoms with Gasteiger partial charge in [0, 0.05) is 18.8 Å².